The number of carbonyl (C=O) groups is 1. The number of carboxylic acids is 1. The van der Waals surface area contributed by atoms with Crippen LogP contribution in [0.15, 0.2) is 29.9 Å². The highest BCUT2D eigenvalue weighted by molar-refractivity contribution is 7.09. The lowest BCUT2D eigenvalue weighted by atomic mass is 10.2. The van der Waals surface area contributed by atoms with Gasteiger partial charge in [-0.15, -0.1) is 11.3 Å². The smallest absolute Gasteiger partial charge is 0.335 e. The van der Waals surface area contributed by atoms with Crippen molar-refractivity contribution in [2.75, 3.05) is 5.32 Å². The van der Waals surface area contributed by atoms with Crippen molar-refractivity contribution >= 4 is 23.0 Å². The van der Waals surface area contributed by atoms with Gasteiger partial charge in [-0.05, 0) is 18.2 Å². The van der Waals surface area contributed by atoms with Crippen molar-refractivity contribution in [3.63, 3.8) is 0 Å². The van der Waals surface area contributed by atoms with Crippen LogP contribution in [-0.4, -0.2) is 16.1 Å². The van der Waals surface area contributed by atoms with Crippen molar-refractivity contribution in [3.05, 3.63) is 46.2 Å². The van der Waals surface area contributed by atoms with E-state index in [2.05, 4.69) is 10.3 Å². The third-order valence-electron chi connectivity index (χ3n) is 2.15. The van der Waals surface area contributed by atoms with Crippen molar-refractivity contribution in [2.24, 2.45) is 0 Å². The maximum absolute atomic E-state index is 13.4. The van der Waals surface area contributed by atoms with Gasteiger partial charge in [0.05, 0.1) is 23.3 Å². The van der Waals surface area contributed by atoms with Crippen LogP contribution in [0.5, 0.6) is 0 Å². The number of thiazole rings is 1. The van der Waals surface area contributed by atoms with Crippen LogP contribution in [0.1, 0.15) is 15.2 Å². The summed E-state index contributed by atoms with van der Waals surface area (Å²) >= 11 is 1.45. The van der Waals surface area contributed by atoms with Gasteiger partial charge in [0.15, 0.2) is 0 Å². The lowest BCUT2D eigenvalue weighted by Crippen LogP contribution is -2.03. The minimum absolute atomic E-state index is 0.0539. The Labute approximate surface area is 101 Å². The standard InChI is InChI=1S/C11H9FN2O2S/c12-9-2-1-7(11(15)16)3-10(9)14-5-8-4-13-6-17-8/h1-4,6,14H,5H2,(H,15,16). The molecule has 88 valence electrons. The summed E-state index contributed by atoms with van der Waals surface area (Å²) in [7, 11) is 0. The molecule has 0 fully saturated rings. The molecule has 0 unspecified atom stereocenters. The van der Waals surface area contributed by atoms with E-state index in [1.54, 1.807) is 11.7 Å². The first-order valence-corrected chi connectivity index (χ1v) is 5.69. The number of hydrogen-bond donors (Lipinski definition) is 2. The predicted molar refractivity (Wildman–Crippen MR) is 62.8 cm³/mol. The van der Waals surface area contributed by atoms with E-state index in [0.717, 1.165) is 10.9 Å². The number of anilines is 1. The highest BCUT2D eigenvalue weighted by Gasteiger charge is 2.08. The van der Waals surface area contributed by atoms with Crippen molar-refractivity contribution in [1.29, 1.82) is 0 Å². The van der Waals surface area contributed by atoms with Gasteiger partial charge in [-0.25, -0.2) is 9.18 Å². The van der Waals surface area contributed by atoms with E-state index in [1.807, 2.05) is 0 Å². The molecule has 0 atom stereocenters. The summed E-state index contributed by atoms with van der Waals surface area (Å²) in [6.45, 7) is 0.421. The quantitative estimate of drug-likeness (QED) is 0.878. The number of carboxylic acid groups (broad SMARTS) is 1. The molecule has 0 aliphatic carbocycles. The summed E-state index contributed by atoms with van der Waals surface area (Å²) in [6, 6.07) is 3.65. The molecule has 2 aromatic rings. The lowest BCUT2D eigenvalue weighted by Gasteiger charge is -2.06. The molecule has 2 N–H and O–H groups in total. The summed E-state index contributed by atoms with van der Waals surface area (Å²) in [6.07, 6.45) is 1.68. The molecule has 0 bridgehead atoms. The van der Waals surface area contributed by atoms with Gasteiger partial charge in [-0.2, -0.15) is 0 Å². The minimum Gasteiger partial charge on any atom is -0.478 e. The van der Waals surface area contributed by atoms with E-state index in [0.29, 0.717) is 6.54 Å². The number of halogens is 1. The molecule has 1 aromatic heterocycles. The van der Waals surface area contributed by atoms with Gasteiger partial charge >= 0.3 is 5.97 Å². The fourth-order valence-corrected chi connectivity index (χ4v) is 1.84. The second kappa shape index (κ2) is 4.92. The number of aromatic nitrogens is 1. The molecular weight excluding hydrogens is 243 g/mol. The Morgan fingerprint density at radius 3 is 3.00 bits per heavy atom. The first kappa shape index (κ1) is 11.5. The summed E-state index contributed by atoms with van der Waals surface area (Å²) < 4.78 is 13.4. The molecule has 2 rings (SSSR count). The van der Waals surface area contributed by atoms with Crippen LogP contribution in [0.4, 0.5) is 10.1 Å². The van der Waals surface area contributed by atoms with Crippen LogP contribution in [0, 0.1) is 5.82 Å². The molecule has 0 spiro atoms. The Bertz CT molecular complexity index is 528. The highest BCUT2D eigenvalue weighted by Crippen LogP contribution is 2.18. The largest absolute Gasteiger partial charge is 0.478 e. The van der Waals surface area contributed by atoms with Crippen molar-refractivity contribution in [3.8, 4) is 0 Å². The Morgan fingerprint density at radius 2 is 2.35 bits per heavy atom. The van der Waals surface area contributed by atoms with Crippen molar-refractivity contribution in [2.45, 2.75) is 6.54 Å². The van der Waals surface area contributed by atoms with Gasteiger partial charge in [-0.1, -0.05) is 0 Å². The van der Waals surface area contributed by atoms with E-state index in [4.69, 9.17) is 5.11 Å². The van der Waals surface area contributed by atoms with Gasteiger partial charge in [0.1, 0.15) is 5.82 Å². The normalized spacial score (nSPS) is 10.2. The first-order valence-electron chi connectivity index (χ1n) is 4.81. The lowest BCUT2D eigenvalue weighted by molar-refractivity contribution is 0.0697. The van der Waals surface area contributed by atoms with Gasteiger partial charge in [0.2, 0.25) is 0 Å². The zero-order chi connectivity index (χ0) is 12.3. The Balaban J connectivity index is 2.14. The van der Waals surface area contributed by atoms with Gasteiger partial charge in [-0.3, -0.25) is 4.98 Å². The summed E-state index contributed by atoms with van der Waals surface area (Å²) in [5.74, 6) is -1.55. The highest BCUT2D eigenvalue weighted by atomic mass is 32.1. The average molecular weight is 252 g/mol. The van der Waals surface area contributed by atoms with E-state index in [9.17, 15) is 9.18 Å². The zero-order valence-electron chi connectivity index (χ0n) is 8.68. The molecular formula is C11H9FN2O2S. The molecule has 1 heterocycles. The number of nitrogens with one attached hydrogen (secondary N) is 1. The number of benzene rings is 1. The summed E-state index contributed by atoms with van der Waals surface area (Å²) in [5, 5.41) is 11.6. The van der Waals surface area contributed by atoms with Crippen LogP contribution < -0.4 is 5.32 Å². The molecule has 1 aromatic carbocycles. The summed E-state index contributed by atoms with van der Waals surface area (Å²) in [5.41, 5.74) is 1.91. The van der Waals surface area contributed by atoms with Crippen LogP contribution >= 0.6 is 11.3 Å². The molecule has 0 saturated carbocycles. The van der Waals surface area contributed by atoms with Gasteiger partial charge < -0.3 is 10.4 Å². The molecule has 0 aliphatic rings. The second-order valence-electron chi connectivity index (χ2n) is 3.32. The molecule has 6 heteroatoms. The Morgan fingerprint density at radius 1 is 1.53 bits per heavy atom. The second-order valence-corrected chi connectivity index (χ2v) is 4.29. The number of rotatable bonds is 4. The predicted octanol–water partition coefficient (Wildman–Crippen LogP) is 2.59. The SMILES string of the molecule is O=C(O)c1ccc(F)c(NCc2cncs2)c1. The van der Waals surface area contributed by atoms with E-state index >= 15 is 0 Å². The van der Waals surface area contributed by atoms with Crippen LogP contribution in [0.25, 0.3) is 0 Å². The van der Waals surface area contributed by atoms with Crippen LogP contribution in [0.2, 0.25) is 0 Å². The van der Waals surface area contributed by atoms with Crippen LogP contribution in [-0.2, 0) is 6.54 Å². The number of nitrogens with zero attached hydrogens (tertiary/aromatic N) is 1. The Hall–Kier alpha value is -1.95. The average Bonchev–Trinajstić information content (AvgIpc) is 2.80. The number of aromatic carboxylic acids is 1. The van der Waals surface area contributed by atoms with E-state index < -0.39 is 11.8 Å². The monoisotopic (exact) mass is 252 g/mol. The van der Waals surface area contributed by atoms with E-state index in [1.165, 1.54) is 23.5 Å². The maximum Gasteiger partial charge on any atom is 0.335 e. The number of hydrogen-bond acceptors (Lipinski definition) is 4. The first-order chi connectivity index (χ1) is 8.16. The van der Waals surface area contributed by atoms with E-state index in [-0.39, 0.29) is 11.3 Å². The topological polar surface area (TPSA) is 62.2 Å². The fourth-order valence-electron chi connectivity index (χ4n) is 1.31. The zero-order valence-corrected chi connectivity index (χ0v) is 9.50. The van der Waals surface area contributed by atoms with Crippen LogP contribution in [0.3, 0.4) is 0 Å². The van der Waals surface area contributed by atoms with Crippen molar-refractivity contribution in [1.82, 2.24) is 4.98 Å². The molecule has 17 heavy (non-hydrogen) atoms. The molecule has 4 nitrogen and oxygen atoms in total. The van der Waals surface area contributed by atoms with Gasteiger partial charge in [0.25, 0.3) is 0 Å². The molecule has 0 radical (unpaired) electrons. The molecule has 0 amide bonds. The van der Waals surface area contributed by atoms with Gasteiger partial charge in [0, 0.05) is 11.1 Å². The molecule has 0 aliphatic heterocycles. The molecule has 0 saturated heterocycles. The minimum atomic E-state index is -1.08. The fraction of sp³-hybridized carbons (Fsp3) is 0.0909. The third kappa shape index (κ3) is 2.79. The maximum atomic E-state index is 13.4. The Kier molecular flexibility index (Phi) is 3.34. The summed E-state index contributed by atoms with van der Waals surface area (Å²) in [4.78, 5) is 15.6. The van der Waals surface area contributed by atoms with Crippen molar-refractivity contribution < 1.29 is 14.3 Å². The third-order valence-corrected chi connectivity index (χ3v) is 2.93.